The molecule has 2 N–H and O–H groups in total. The topological polar surface area (TPSA) is 217 Å². The second kappa shape index (κ2) is 40.1. The smallest absolute Gasteiger partial charge is 0.466 e. The standard InChI is InChI=1S/C51H88N2O15/c1-9-43(54)61-31-19-21-33-65-47(58)52-39-50(5,6)37-41(3)25-23-27-45(56)63-29-15-11-13-17-35-67-49(60)68-36-18-14-12-16-30-64-46(57)28-24-26-42(4)38-51(7,8)40-53-48(59)66-34-22-20-32-62-44(55)10-2/h9-10,41-42H,1-2,11-40H2,3-8H3,(H,52,58)(H,53,59). The molecule has 0 aliphatic rings. The van der Waals surface area contributed by atoms with Gasteiger partial charge in [0, 0.05) is 38.1 Å². The van der Waals surface area contributed by atoms with Gasteiger partial charge in [-0.25, -0.2) is 24.0 Å². The Hall–Kier alpha value is -4.83. The molecule has 0 aliphatic heterocycles. The van der Waals surface area contributed by atoms with E-state index in [0.29, 0.717) is 89.5 Å². The van der Waals surface area contributed by atoms with E-state index < -0.39 is 30.3 Å². The van der Waals surface area contributed by atoms with Gasteiger partial charge in [-0.2, -0.15) is 0 Å². The Bertz CT molecular complexity index is 1350. The molecule has 0 heterocycles. The molecular formula is C51H88N2O15. The summed E-state index contributed by atoms with van der Waals surface area (Å²) in [4.78, 5) is 82.5. The SMILES string of the molecule is C=CC(=O)OCCCCOC(=O)NCC(C)(C)CC(C)CCCC(=O)OCCCCCCOC(=O)OCCCCCCOC(=O)CCCC(C)CC(C)(C)CNC(=O)OCCCCOC(=O)C=C. The highest BCUT2D eigenvalue weighted by molar-refractivity contribution is 5.81. The Morgan fingerprint density at radius 3 is 1.06 bits per heavy atom. The van der Waals surface area contributed by atoms with Crippen molar-refractivity contribution in [3.63, 3.8) is 0 Å². The third-order valence-electron chi connectivity index (χ3n) is 10.8. The van der Waals surface area contributed by atoms with Gasteiger partial charge >= 0.3 is 42.2 Å². The number of esters is 4. The first-order valence-corrected chi connectivity index (χ1v) is 24.9. The minimum atomic E-state index is -0.679. The van der Waals surface area contributed by atoms with Crippen LogP contribution in [0.5, 0.6) is 0 Å². The van der Waals surface area contributed by atoms with Crippen molar-refractivity contribution in [2.75, 3.05) is 65.9 Å². The zero-order chi connectivity index (χ0) is 50.9. The van der Waals surface area contributed by atoms with Crippen molar-refractivity contribution in [1.82, 2.24) is 10.6 Å². The second-order valence-electron chi connectivity index (χ2n) is 19.1. The molecular weight excluding hydrogens is 881 g/mol. The van der Waals surface area contributed by atoms with Crippen molar-refractivity contribution in [3.8, 4) is 0 Å². The number of amides is 2. The molecule has 17 nitrogen and oxygen atoms in total. The fourth-order valence-electron chi connectivity index (χ4n) is 7.34. The number of nitrogens with one attached hydrogen (secondary N) is 2. The molecule has 0 fully saturated rings. The summed E-state index contributed by atoms with van der Waals surface area (Å²) in [6.07, 6.45) is 14.9. The summed E-state index contributed by atoms with van der Waals surface area (Å²) < 4.78 is 41.3. The van der Waals surface area contributed by atoms with Gasteiger partial charge in [-0.15, -0.1) is 0 Å². The molecule has 0 saturated carbocycles. The molecule has 2 atom stereocenters. The molecule has 0 aromatic rings. The molecule has 68 heavy (non-hydrogen) atoms. The van der Waals surface area contributed by atoms with E-state index in [0.717, 1.165) is 89.2 Å². The quantitative estimate of drug-likeness (QED) is 0.0252. The molecule has 17 heteroatoms. The van der Waals surface area contributed by atoms with Gasteiger partial charge in [0.05, 0.1) is 52.9 Å². The summed E-state index contributed by atoms with van der Waals surface area (Å²) >= 11 is 0. The van der Waals surface area contributed by atoms with Crippen LogP contribution in [0.25, 0.3) is 0 Å². The third-order valence-corrected chi connectivity index (χ3v) is 10.8. The number of hydrogen-bond donors (Lipinski definition) is 2. The number of carbonyl (C=O) groups excluding carboxylic acids is 7. The molecule has 0 radical (unpaired) electrons. The van der Waals surface area contributed by atoms with Gasteiger partial charge in [-0.3, -0.25) is 9.59 Å². The van der Waals surface area contributed by atoms with Crippen LogP contribution in [0.15, 0.2) is 25.3 Å². The lowest BCUT2D eigenvalue weighted by Gasteiger charge is -2.28. The first kappa shape index (κ1) is 63.2. The normalized spacial score (nSPS) is 12.1. The molecule has 0 saturated heterocycles. The maximum atomic E-state index is 12.2. The average molecular weight is 969 g/mol. The Morgan fingerprint density at radius 2 is 0.721 bits per heavy atom. The van der Waals surface area contributed by atoms with Gasteiger partial charge in [0.2, 0.25) is 0 Å². The van der Waals surface area contributed by atoms with Crippen LogP contribution in [0.4, 0.5) is 14.4 Å². The zero-order valence-electron chi connectivity index (χ0n) is 42.6. The van der Waals surface area contributed by atoms with E-state index in [2.05, 4.69) is 65.3 Å². The van der Waals surface area contributed by atoms with Crippen molar-refractivity contribution < 1.29 is 71.5 Å². The van der Waals surface area contributed by atoms with E-state index in [1.165, 1.54) is 0 Å². The van der Waals surface area contributed by atoms with Gasteiger partial charge in [0.1, 0.15) is 0 Å². The summed E-state index contributed by atoms with van der Waals surface area (Å²) in [6, 6.07) is 0. The van der Waals surface area contributed by atoms with Crippen molar-refractivity contribution in [3.05, 3.63) is 25.3 Å². The Balaban J connectivity index is 3.73. The minimum absolute atomic E-state index is 0.145. The zero-order valence-corrected chi connectivity index (χ0v) is 42.6. The van der Waals surface area contributed by atoms with E-state index in [1.54, 1.807) is 0 Å². The van der Waals surface area contributed by atoms with E-state index in [4.69, 9.17) is 37.9 Å². The predicted octanol–water partition coefficient (Wildman–Crippen LogP) is 10.3. The largest absolute Gasteiger partial charge is 0.508 e. The van der Waals surface area contributed by atoms with Crippen LogP contribution in [0, 0.1) is 22.7 Å². The van der Waals surface area contributed by atoms with Crippen LogP contribution in [-0.4, -0.2) is 108 Å². The number of alkyl carbamates (subject to hydrolysis) is 2. The maximum Gasteiger partial charge on any atom is 0.508 e. The first-order chi connectivity index (χ1) is 32.4. The van der Waals surface area contributed by atoms with Crippen molar-refractivity contribution in [2.45, 2.75) is 170 Å². The lowest BCUT2D eigenvalue weighted by Crippen LogP contribution is -2.35. The molecule has 0 spiro atoms. The van der Waals surface area contributed by atoms with Crippen LogP contribution >= 0.6 is 0 Å². The highest BCUT2D eigenvalue weighted by atomic mass is 16.7. The molecule has 0 rings (SSSR count). The molecule has 0 aliphatic carbocycles. The lowest BCUT2D eigenvalue weighted by molar-refractivity contribution is -0.144. The predicted molar refractivity (Wildman–Crippen MR) is 258 cm³/mol. The fraction of sp³-hybridized carbons (Fsp3) is 0.784. The van der Waals surface area contributed by atoms with Gasteiger partial charge in [-0.05, 0) is 125 Å². The Morgan fingerprint density at radius 1 is 0.426 bits per heavy atom. The van der Waals surface area contributed by atoms with Crippen molar-refractivity contribution in [1.29, 1.82) is 0 Å². The summed E-state index contributed by atoms with van der Waals surface area (Å²) in [5.74, 6) is -0.626. The third kappa shape index (κ3) is 41.4. The Kier molecular flexibility index (Phi) is 37.2. The Labute approximate surface area is 407 Å². The van der Waals surface area contributed by atoms with Crippen LogP contribution in [0.3, 0.4) is 0 Å². The molecule has 0 aromatic carbocycles. The summed E-state index contributed by atoms with van der Waals surface area (Å²) in [5.41, 5.74) is -0.290. The van der Waals surface area contributed by atoms with Gasteiger partial charge in [-0.1, -0.05) is 67.5 Å². The first-order valence-electron chi connectivity index (χ1n) is 24.9. The minimum Gasteiger partial charge on any atom is -0.466 e. The van der Waals surface area contributed by atoms with Gasteiger partial charge < -0.3 is 48.5 Å². The monoisotopic (exact) mass is 969 g/mol. The molecule has 2 amide bonds. The van der Waals surface area contributed by atoms with E-state index in [9.17, 15) is 33.6 Å². The molecule has 2 unspecified atom stereocenters. The number of hydrogen-bond acceptors (Lipinski definition) is 15. The summed E-state index contributed by atoms with van der Waals surface area (Å²) in [7, 11) is 0. The van der Waals surface area contributed by atoms with Crippen LogP contribution in [-0.2, 0) is 57.1 Å². The number of rotatable bonds is 42. The van der Waals surface area contributed by atoms with Crippen LogP contribution in [0.2, 0.25) is 0 Å². The van der Waals surface area contributed by atoms with E-state index in [-0.39, 0.29) is 62.4 Å². The fourth-order valence-corrected chi connectivity index (χ4v) is 7.34. The average Bonchev–Trinajstić information content (AvgIpc) is 3.28. The summed E-state index contributed by atoms with van der Waals surface area (Å²) in [5, 5.41) is 5.64. The highest BCUT2D eigenvalue weighted by Gasteiger charge is 2.24. The van der Waals surface area contributed by atoms with Gasteiger partial charge in [0.15, 0.2) is 0 Å². The van der Waals surface area contributed by atoms with Crippen LogP contribution in [0.1, 0.15) is 170 Å². The number of unbranched alkanes of at least 4 members (excludes halogenated alkanes) is 8. The molecule has 0 bridgehead atoms. The summed E-state index contributed by atoms with van der Waals surface area (Å²) in [6.45, 7) is 22.5. The maximum absolute atomic E-state index is 12.2. The number of ether oxygens (including phenoxy) is 8. The number of carbonyl (C=O) groups is 7. The molecule has 392 valence electrons. The lowest BCUT2D eigenvalue weighted by atomic mass is 9.81. The van der Waals surface area contributed by atoms with Gasteiger partial charge in [0.25, 0.3) is 0 Å². The van der Waals surface area contributed by atoms with E-state index in [1.807, 2.05) is 0 Å². The highest BCUT2D eigenvalue weighted by Crippen LogP contribution is 2.28. The van der Waals surface area contributed by atoms with Crippen molar-refractivity contribution >= 4 is 42.2 Å². The van der Waals surface area contributed by atoms with Crippen molar-refractivity contribution in [2.24, 2.45) is 22.7 Å². The molecule has 0 aromatic heterocycles. The van der Waals surface area contributed by atoms with E-state index >= 15 is 0 Å². The second-order valence-corrected chi connectivity index (χ2v) is 19.1. The van der Waals surface area contributed by atoms with Crippen LogP contribution < -0.4 is 10.6 Å².